The maximum Gasteiger partial charge on any atom is 0.416 e. The molecule has 0 nitrogen and oxygen atoms in total. The van der Waals surface area contributed by atoms with Crippen molar-refractivity contribution < 1.29 is 13.2 Å². The van der Waals surface area contributed by atoms with Gasteiger partial charge in [0.1, 0.15) is 0 Å². The molecule has 0 N–H and O–H groups in total. The van der Waals surface area contributed by atoms with Crippen molar-refractivity contribution >= 4 is 11.8 Å². The Morgan fingerprint density at radius 1 is 0.810 bits per heavy atom. The molecule has 0 heterocycles. The maximum atomic E-state index is 12.6. The molecule has 0 unspecified atom stereocenters. The van der Waals surface area contributed by atoms with Crippen LogP contribution in [0.2, 0.25) is 0 Å². The third kappa shape index (κ3) is 4.27. The Bertz CT molecular complexity index is 571. The molecular weight excluding hydrogens is 293 g/mol. The maximum absolute atomic E-state index is 12.6. The largest absolute Gasteiger partial charge is 0.416 e. The summed E-state index contributed by atoms with van der Waals surface area (Å²) in [6.45, 7) is 4.06. The van der Waals surface area contributed by atoms with Gasteiger partial charge in [-0.3, -0.25) is 0 Å². The van der Waals surface area contributed by atoms with E-state index in [9.17, 15) is 13.2 Å². The number of benzene rings is 2. The first-order valence-corrected chi connectivity index (χ1v) is 7.63. The second kappa shape index (κ2) is 6.14. The number of rotatable bonds is 4. The zero-order valence-electron chi connectivity index (χ0n) is 11.9. The van der Waals surface area contributed by atoms with E-state index in [0.717, 1.165) is 23.4 Å². The molecule has 0 bridgehead atoms. The van der Waals surface area contributed by atoms with Crippen molar-refractivity contribution in [2.24, 2.45) is 0 Å². The molecule has 0 saturated heterocycles. The third-order valence-electron chi connectivity index (χ3n) is 3.35. The quantitative estimate of drug-likeness (QED) is 0.680. The van der Waals surface area contributed by atoms with Crippen LogP contribution in [0.1, 0.15) is 30.5 Å². The van der Waals surface area contributed by atoms with Crippen LogP contribution in [0.15, 0.2) is 54.6 Å². The van der Waals surface area contributed by atoms with Gasteiger partial charge in [-0.05, 0) is 37.1 Å². The summed E-state index contributed by atoms with van der Waals surface area (Å²) in [6.07, 6.45) is -4.28. The lowest BCUT2D eigenvalue weighted by Gasteiger charge is -2.25. The summed E-state index contributed by atoms with van der Waals surface area (Å²) >= 11 is 1.72. The van der Waals surface area contributed by atoms with Gasteiger partial charge in [-0.15, -0.1) is 11.8 Å². The Morgan fingerprint density at radius 2 is 1.33 bits per heavy atom. The van der Waals surface area contributed by atoms with E-state index in [1.54, 1.807) is 23.9 Å². The van der Waals surface area contributed by atoms with Crippen LogP contribution in [0, 0.1) is 0 Å². The fraction of sp³-hybridized carbons (Fsp3) is 0.294. The average molecular weight is 310 g/mol. The van der Waals surface area contributed by atoms with Gasteiger partial charge in [-0.1, -0.05) is 42.5 Å². The summed E-state index contributed by atoms with van der Waals surface area (Å²) in [4.78, 5) is 0. The molecule has 2 rings (SSSR count). The van der Waals surface area contributed by atoms with Crippen molar-refractivity contribution in [1.29, 1.82) is 0 Å². The Hall–Kier alpha value is -1.42. The zero-order chi connectivity index (χ0) is 15.5. The first-order chi connectivity index (χ1) is 9.79. The van der Waals surface area contributed by atoms with E-state index in [0.29, 0.717) is 0 Å². The van der Waals surface area contributed by atoms with Crippen LogP contribution in [-0.4, -0.2) is 0 Å². The van der Waals surface area contributed by atoms with Crippen molar-refractivity contribution in [2.45, 2.75) is 30.5 Å². The lowest BCUT2D eigenvalue weighted by Crippen LogP contribution is -2.13. The molecule has 2 aromatic rings. The van der Waals surface area contributed by atoms with Crippen LogP contribution in [0.5, 0.6) is 0 Å². The zero-order valence-corrected chi connectivity index (χ0v) is 12.8. The van der Waals surface area contributed by atoms with Crippen molar-refractivity contribution in [3.8, 4) is 0 Å². The lowest BCUT2D eigenvalue weighted by molar-refractivity contribution is -0.137. The van der Waals surface area contributed by atoms with Crippen molar-refractivity contribution in [3.63, 3.8) is 0 Å². The second-order valence-corrected chi connectivity index (χ2v) is 6.96. The Balaban J connectivity index is 2.08. The summed E-state index contributed by atoms with van der Waals surface area (Å²) in [6, 6.07) is 15.5. The average Bonchev–Trinajstić information content (AvgIpc) is 2.46. The lowest BCUT2D eigenvalue weighted by atomic mass is 10.0. The van der Waals surface area contributed by atoms with Crippen LogP contribution < -0.4 is 0 Å². The van der Waals surface area contributed by atoms with Crippen LogP contribution in [-0.2, 0) is 16.7 Å². The van der Waals surface area contributed by atoms with E-state index in [4.69, 9.17) is 0 Å². The molecule has 0 fully saturated rings. The SMILES string of the molecule is CC(C)(SCc1ccccc1)c1ccc(C(F)(F)F)cc1. The smallest absolute Gasteiger partial charge is 0.166 e. The van der Waals surface area contributed by atoms with Crippen molar-refractivity contribution in [2.75, 3.05) is 0 Å². The van der Waals surface area contributed by atoms with Gasteiger partial charge < -0.3 is 0 Å². The van der Waals surface area contributed by atoms with Crippen molar-refractivity contribution in [1.82, 2.24) is 0 Å². The highest BCUT2D eigenvalue weighted by Crippen LogP contribution is 2.39. The van der Waals surface area contributed by atoms with Gasteiger partial charge in [-0.25, -0.2) is 0 Å². The number of thioether (sulfide) groups is 1. The van der Waals surface area contributed by atoms with Crippen LogP contribution in [0.4, 0.5) is 13.2 Å². The number of alkyl halides is 3. The van der Waals surface area contributed by atoms with Gasteiger partial charge in [0.15, 0.2) is 0 Å². The molecule has 0 saturated carbocycles. The number of hydrogen-bond acceptors (Lipinski definition) is 1. The van der Waals surface area contributed by atoms with Gasteiger partial charge in [0.05, 0.1) is 5.56 Å². The Kier molecular flexibility index (Phi) is 4.67. The molecule has 4 heteroatoms. The highest BCUT2D eigenvalue weighted by molar-refractivity contribution is 7.99. The van der Waals surface area contributed by atoms with Crippen molar-refractivity contribution in [3.05, 3.63) is 71.3 Å². The minimum Gasteiger partial charge on any atom is -0.166 e. The molecule has 2 aromatic carbocycles. The number of hydrogen-bond donors (Lipinski definition) is 0. The molecule has 0 aliphatic rings. The van der Waals surface area contributed by atoms with Gasteiger partial charge >= 0.3 is 6.18 Å². The molecule has 0 amide bonds. The van der Waals surface area contributed by atoms with E-state index < -0.39 is 11.7 Å². The van der Waals surface area contributed by atoms with Crippen LogP contribution >= 0.6 is 11.8 Å². The van der Waals surface area contributed by atoms with Gasteiger partial charge in [0.25, 0.3) is 0 Å². The Labute approximate surface area is 127 Å². The normalized spacial score (nSPS) is 12.4. The second-order valence-electron chi connectivity index (χ2n) is 5.36. The topological polar surface area (TPSA) is 0 Å². The molecule has 0 spiro atoms. The molecule has 0 aromatic heterocycles. The first kappa shape index (κ1) is 16.0. The highest BCUT2D eigenvalue weighted by atomic mass is 32.2. The summed E-state index contributed by atoms with van der Waals surface area (Å²) < 4.78 is 37.5. The van der Waals surface area contributed by atoms with Gasteiger partial charge in [-0.2, -0.15) is 13.2 Å². The summed E-state index contributed by atoms with van der Waals surface area (Å²) in [5.74, 6) is 0.828. The van der Waals surface area contributed by atoms with E-state index in [1.807, 2.05) is 32.0 Å². The standard InChI is InChI=1S/C17H17F3S/c1-16(2,21-12-13-6-4-3-5-7-13)14-8-10-15(11-9-14)17(18,19)20/h3-11H,12H2,1-2H3. The van der Waals surface area contributed by atoms with Gasteiger partial charge in [0.2, 0.25) is 0 Å². The van der Waals surface area contributed by atoms with E-state index in [-0.39, 0.29) is 4.75 Å². The minimum absolute atomic E-state index is 0.236. The molecule has 0 atom stereocenters. The molecule has 21 heavy (non-hydrogen) atoms. The molecule has 0 radical (unpaired) electrons. The predicted molar refractivity (Wildman–Crippen MR) is 82.2 cm³/mol. The monoisotopic (exact) mass is 310 g/mol. The highest BCUT2D eigenvalue weighted by Gasteiger charge is 2.31. The fourth-order valence-corrected chi connectivity index (χ4v) is 3.00. The predicted octanol–water partition coefficient (Wildman–Crippen LogP) is 5.87. The summed E-state index contributed by atoms with van der Waals surface area (Å²) in [7, 11) is 0. The molecule has 0 aliphatic heterocycles. The number of halogens is 3. The van der Waals surface area contributed by atoms with E-state index >= 15 is 0 Å². The first-order valence-electron chi connectivity index (χ1n) is 6.65. The summed E-state index contributed by atoms with van der Waals surface area (Å²) in [5.41, 5.74) is 1.51. The molecular formula is C17H17F3S. The minimum atomic E-state index is -4.28. The van der Waals surface area contributed by atoms with Gasteiger partial charge in [0, 0.05) is 10.5 Å². The Morgan fingerprint density at radius 3 is 1.86 bits per heavy atom. The summed E-state index contributed by atoms with van der Waals surface area (Å²) in [5, 5.41) is 0. The van der Waals surface area contributed by atoms with Crippen LogP contribution in [0.25, 0.3) is 0 Å². The third-order valence-corrected chi connectivity index (χ3v) is 4.78. The molecule has 112 valence electrons. The van der Waals surface area contributed by atoms with Crippen LogP contribution in [0.3, 0.4) is 0 Å². The van der Waals surface area contributed by atoms with E-state index in [2.05, 4.69) is 12.1 Å². The molecule has 0 aliphatic carbocycles. The fourth-order valence-electron chi connectivity index (χ4n) is 1.98. The van der Waals surface area contributed by atoms with E-state index in [1.165, 1.54) is 5.56 Å².